The summed E-state index contributed by atoms with van der Waals surface area (Å²) in [6.45, 7) is 0.548. The highest BCUT2D eigenvalue weighted by Gasteiger charge is 2.23. The Balaban J connectivity index is 2.40. The summed E-state index contributed by atoms with van der Waals surface area (Å²) >= 11 is 0. The van der Waals surface area contributed by atoms with Gasteiger partial charge in [0.05, 0.1) is 0 Å². The molecule has 1 rings (SSSR count). The topological polar surface area (TPSA) is 118 Å². The summed E-state index contributed by atoms with van der Waals surface area (Å²) < 4.78 is 32.9. The van der Waals surface area contributed by atoms with E-state index in [1.54, 1.807) is 4.83 Å². The molecule has 96 valence electrons. The fourth-order valence-electron chi connectivity index (χ4n) is 1.39. The van der Waals surface area contributed by atoms with Crippen LogP contribution in [0.4, 0.5) is 3.89 Å². The van der Waals surface area contributed by atoms with Crippen LogP contribution in [0, 0.1) is 0 Å². The number of rotatable bonds is 4. The Morgan fingerprint density at radius 1 is 1.41 bits per heavy atom. The van der Waals surface area contributed by atoms with E-state index in [0.717, 1.165) is 5.01 Å². The summed E-state index contributed by atoms with van der Waals surface area (Å²) in [5.41, 5.74) is 8.04. The lowest BCUT2D eigenvalue weighted by molar-refractivity contribution is -0.131. The van der Waals surface area contributed by atoms with Crippen LogP contribution in [0.1, 0.15) is 0 Å². The van der Waals surface area contributed by atoms with E-state index in [-0.39, 0.29) is 38.6 Å². The minimum Gasteiger partial charge on any atom is -0.340 e. The van der Waals surface area contributed by atoms with Crippen LogP contribution in [0.5, 0.6) is 0 Å². The third kappa shape index (κ3) is 4.95. The van der Waals surface area contributed by atoms with Crippen LogP contribution in [0.3, 0.4) is 0 Å². The van der Waals surface area contributed by atoms with E-state index in [9.17, 15) is 17.1 Å². The molecule has 1 aliphatic heterocycles. The maximum absolute atomic E-state index is 12.3. The number of azide groups is 1. The molecule has 0 aromatic rings. The smallest absolute Gasteiger partial charge is 0.340 e. The molecule has 0 radical (unpaired) electrons. The normalized spacial score (nSPS) is 17.6. The van der Waals surface area contributed by atoms with Crippen molar-refractivity contribution in [3.05, 3.63) is 10.4 Å². The van der Waals surface area contributed by atoms with Gasteiger partial charge >= 0.3 is 10.4 Å². The summed E-state index contributed by atoms with van der Waals surface area (Å²) in [5, 5.41) is 4.29. The Bertz CT molecular complexity index is 425. The summed E-state index contributed by atoms with van der Waals surface area (Å²) in [5.74, 6) is -0.342. The summed E-state index contributed by atoms with van der Waals surface area (Å²) in [6, 6.07) is 0. The summed E-state index contributed by atoms with van der Waals surface area (Å²) in [6.07, 6.45) is 0. The molecule has 17 heavy (non-hydrogen) atoms. The molecule has 0 unspecified atom stereocenters. The van der Waals surface area contributed by atoms with Gasteiger partial charge in [-0.05, 0) is 5.53 Å². The van der Waals surface area contributed by atoms with Crippen LogP contribution >= 0.6 is 0 Å². The van der Waals surface area contributed by atoms with Crippen LogP contribution in [0.25, 0.3) is 10.4 Å². The van der Waals surface area contributed by atoms with Gasteiger partial charge in [0.15, 0.2) is 0 Å². The van der Waals surface area contributed by atoms with Gasteiger partial charge in [-0.15, -0.1) is 4.83 Å². The van der Waals surface area contributed by atoms with Crippen molar-refractivity contribution < 1.29 is 17.1 Å². The highest BCUT2D eigenvalue weighted by Crippen LogP contribution is 2.01. The van der Waals surface area contributed by atoms with Gasteiger partial charge in [0, 0.05) is 31.1 Å². The summed E-state index contributed by atoms with van der Waals surface area (Å²) in [4.78, 5) is 16.9. The zero-order valence-corrected chi connectivity index (χ0v) is 9.60. The van der Waals surface area contributed by atoms with Crippen LogP contribution in [0.15, 0.2) is 5.11 Å². The van der Waals surface area contributed by atoms with Crippen molar-refractivity contribution in [1.29, 1.82) is 0 Å². The zero-order valence-electron chi connectivity index (χ0n) is 8.78. The Labute approximate surface area is 97.1 Å². The van der Waals surface area contributed by atoms with E-state index in [1.807, 2.05) is 0 Å². The SMILES string of the molecule is [N-]=[N+]=NCC(=O)N1CCN(NS(=O)(=O)F)CC1. The zero-order chi connectivity index (χ0) is 12.9. The molecule has 0 aliphatic carbocycles. The van der Waals surface area contributed by atoms with Gasteiger partial charge in [0.25, 0.3) is 0 Å². The molecule has 0 aromatic heterocycles. The first-order valence-electron chi connectivity index (χ1n) is 4.68. The molecule has 0 aromatic carbocycles. The Hall–Kier alpha value is -1.42. The van der Waals surface area contributed by atoms with E-state index in [2.05, 4.69) is 10.0 Å². The highest BCUT2D eigenvalue weighted by atomic mass is 32.3. The van der Waals surface area contributed by atoms with Gasteiger partial charge in [-0.3, -0.25) is 4.79 Å². The number of halogens is 1. The van der Waals surface area contributed by atoms with Gasteiger partial charge in [-0.25, -0.2) is 5.01 Å². The average Bonchev–Trinajstić information content (AvgIpc) is 2.24. The van der Waals surface area contributed by atoms with Gasteiger partial charge in [0.2, 0.25) is 5.91 Å². The molecule has 1 fully saturated rings. The van der Waals surface area contributed by atoms with Crippen molar-refractivity contribution in [2.75, 3.05) is 32.7 Å². The molecule has 11 heteroatoms. The van der Waals surface area contributed by atoms with Crippen LogP contribution < -0.4 is 4.83 Å². The van der Waals surface area contributed by atoms with Gasteiger partial charge in [0.1, 0.15) is 6.54 Å². The predicted molar refractivity (Wildman–Crippen MR) is 55.3 cm³/mol. The quantitative estimate of drug-likeness (QED) is 0.309. The van der Waals surface area contributed by atoms with Gasteiger partial charge in [-0.1, -0.05) is 9.00 Å². The number of carbonyl (C=O) groups is 1. The second kappa shape index (κ2) is 5.77. The molecule has 1 aliphatic rings. The van der Waals surface area contributed by atoms with E-state index < -0.39 is 10.4 Å². The first-order valence-corrected chi connectivity index (χ1v) is 6.06. The molecule has 1 N–H and O–H groups in total. The first kappa shape index (κ1) is 13.6. The van der Waals surface area contributed by atoms with E-state index >= 15 is 0 Å². The Kier molecular flexibility index (Phi) is 4.63. The lowest BCUT2D eigenvalue weighted by Crippen LogP contribution is -2.54. The molecule has 0 saturated carbocycles. The monoisotopic (exact) mass is 266 g/mol. The first-order chi connectivity index (χ1) is 7.92. The predicted octanol–water partition coefficient (Wildman–Crippen LogP) is -0.840. The summed E-state index contributed by atoms with van der Waals surface area (Å²) in [7, 11) is -4.77. The molecule has 0 bridgehead atoms. The maximum atomic E-state index is 12.3. The fraction of sp³-hybridized carbons (Fsp3) is 0.833. The molecule has 1 heterocycles. The largest absolute Gasteiger partial charge is 0.385 e. The average molecular weight is 266 g/mol. The molecule has 0 spiro atoms. The number of hydrogen-bond donors (Lipinski definition) is 1. The van der Waals surface area contributed by atoms with Crippen molar-refractivity contribution in [2.24, 2.45) is 5.11 Å². The standard InChI is InChI=1S/C6H11FN6O3S/c7-17(15,16)11-13-3-1-12(2-4-13)6(14)5-9-10-8/h11H,1-5H2. The van der Waals surface area contributed by atoms with E-state index in [4.69, 9.17) is 5.53 Å². The Morgan fingerprint density at radius 2 is 2.00 bits per heavy atom. The minimum absolute atomic E-state index is 0.172. The van der Waals surface area contributed by atoms with E-state index in [0.29, 0.717) is 0 Å². The molecule has 0 atom stereocenters. The number of nitrogens with zero attached hydrogens (tertiary/aromatic N) is 5. The van der Waals surface area contributed by atoms with E-state index in [1.165, 1.54) is 4.90 Å². The fourth-order valence-corrected chi connectivity index (χ4v) is 1.88. The second-order valence-electron chi connectivity index (χ2n) is 3.29. The van der Waals surface area contributed by atoms with Crippen molar-refractivity contribution in [1.82, 2.24) is 14.7 Å². The van der Waals surface area contributed by atoms with Crippen molar-refractivity contribution in [3.8, 4) is 0 Å². The lowest BCUT2D eigenvalue weighted by Gasteiger charge is -2.33. The second-order valence-corrected chi connectivity index (χ2v) is 4.34. The van der Waals surface area contributed by atoms with Crippen molar-refractivity contribution >= 4 is 16.3 Å². The van der Waals surface area contributed by atoms with Crippen LogP contribution in [-0.2, 0) is 15.2 Å². The Morgan fingerprint density at radius 3 is 2.47 bits per heavy atom. The maximum Gasteiger partial charge on any atom is 0.385 e. The number of hydrazine groups is 1. The van der Waals surface area contributed by atoms with Crippen LogP contribution in [-0.4, -0.2) is 57.0 Å². The lowest BCUT2D eigenvalue weighted by atomic mass is 10.3. The number of hydrogen-bond acceptors (Lipinski definition) is 5. The number of carbonyl (C=O) groups excluding carboxylic acids is 1. The third-order valence-electron chi connectivity index (χ3n) is 2.14. The minimum atomic E-state index is -4.77. The van der Waals surface area contributed by atoms with Crippen LogP contribution in [0.2, 0.25) is 0 Å². The van der Waals surface area contributed by atoms with Gasteiger partial charge < -0.3 is 4.90 Å². The molecular weight excluding hydrogens is 255 g/mol. The number of piperazine rings is 1. The third-order valence-corrected chi connectivity index (χ3v) is 2.62. The van der Waals surface area contributed by atoms with Crippen molar-refractivity contribution in [3.63, 3.8) is 0 Å². The molecule has 9 nitrogen and oxygen atoms in total. The number of amides is 1. The molecular formula is C6H11FN6O3S. The van der Waals surface area contributed by atoms with Gasteiger partial charge in [-0.2, -0.15) is 8.42 Å². The molecule has 1 amide bonds. The highest BCUT2D eigenvalue weighted by molar-refractivity contribution is 7.84. The number of nitrogens with one attached hydrogen (secondary N) is 1. The molecule has 1 saturated heterocycles. The van der Waals surface area contributed by atoms with Crippen molar-refractivity contribution in [2.45, 2.75) is 0 Å².